The Morgan fingerprint density at radius 3 is 2.22 bits per heavy atom. The van der Waals surface area contributed by atoms with E-state index in [9.17, 15) is 4.79 Å². The Labute approximate surface area is 196 Å². The highest BCUT2D eigenvalue weighted by molar-refractivity contribution is 5.97. The Morgan fingerprint density at radius 1 is 0.875 bits per heavy atom. The first-order chi connectivity index (χ1) is 15.1. The molecule has 0 saturated carbocycles. The van der Waals surface area contributed by atoms with Crippen molar-refractivity contribution < 1.29 is 23.7 Å². The maximum Gasteiger partial charge on any atom is 0.254 e. The number of hydrogen-bond donors (Lipinski definition) is 1. The van der Waals surface area contributed by atoms with E-state index in [1.807, 2.05) is 23.1 Å². The highest BCUT2D eigenvalue weighted by Gasteiger charge is 2.26. The number of halogens is 1. The van der Waals surface area contributed by atoms with Gasteiger partial charge in [-0.15, -0.1) is 12.4 Å². The van der Waals surface area contributed by atoms with Gasteiger partial charge in [0.05, 0.1) is 28.4 Å². The minimum absolute atomic E-state index is 0. The van der Waals surface area contributed by atoms with E-state index >= 15 is 0 Å². The average molecular weight is 465 g/mol. The molecule has 1 aliphatic rings. The number of methoxy groups -OCH3 is 4. The maximum absolute atomic E-state index is 12.9. The minimum Gasteiger partial charge on any atom is -0.493 e. The molecular formula is C24H33ClN2O5. The first-order valence-corrected chi connectivity index (χ1v) is 10.6. The van der Waals surface area contributed by atoms with Crippen LogP contribution in [0.25, 0.3) is 0 Å². The van der Waals surface area contributed by atoms with E-state index in [0.29, 0.717) is 17.1 Å². The molecule has 0 aromatic heterocycles. The summed E-state index contributed by atoms with van der Waals surface area (Å²) < 4.78 is 21.3. The average Bonchev–Trinajstić information content (AvgIpc) is 2.81. The molecule has 176 valence electrons. The summed E-state index contributed by atoms with van der Waals surface area (Å²) in [6.07, 6.45) is 2.63. The van der Waals surface area contributed by atoms with Crippen molar-refractivity contribution >= 4 is 18.3 Å². The molecule has 2 aromatic rings. The molecule has 0 unspecified atom stereocenters. The van der Waals surface area contributed by atoms with Crippen LogP contribution in [0.15, 0.2) is 30.3 Å². The Hall–Kier alpha value is -2.64. The second-order valence-corrected chi connectivity index (χ2v) is 7.45. The largest absolute Gasteiger partial charge is 0.493 e. The van der Waals surface area contributed by atoms with Gasteiger partial charge < -0.3 is 29.2 Å². The van der Waals surface area contributed by atoms with Gasteiger partial charge in [-0.3, -0.25) is 4.79 Å². The third-order valence-corrected chi connectivity index (χ3v) is 5.60. The Balaban J connectivity index is 0.00000363. The van der Waals surface area contributed by atoms with Gasteiger partial charge in [-0.2, -0.15) is 0 Å². The van der Waals surface area contributed by atoms with E-state index in [4.69, 9.17) is 18.9 Å². The van der Waals surface area contributed by atoms with Gasteiger partial charge in [-0.1, -0.05) is 6.07 Å². The number of hydrogen-bond acceptors (Lipinski definition) is 6. The molecule has 1 amide bonds. The number of nitrogens with one attached hydrogen (secondary N) is 1. The topological polar surface area (TPSA) is 69.3 Å². The fraction of sp³-hybridized carbons (Fsp3) is 0.458. The Morgan fingerprint density at radius 2 is 1.53 bits per heavy atom. The molecule has 7 nitrogen and oxygen atoms in total. The normalized spacial score (nSPS) is 12.6. The summed E-state index contributed by atoms with van der Waals surface area (Å²) in [6.45, 7) is 3.18. The predicted octanol–water partition coefficient (Wildman–Crippen LogP) is 3.36. The molecule has 8 heteroatoms. The van der Waals surface area contributed by atoms with Crippen molar-refractivity contribution in [2.75, 3.05) is 54.6 Å². The highest BCUT2D eigenvalue weighted by atomic mass is 35.5. The molecule has 0 aliphatic carbocycles. The summed E-state index contributed by atoms with van der Waals surface area (Å²) in [5, 5.41) is 3.46. The van der Waals surface area contributed by atoms with Gasteiger partial charge in [0.2, 0.25) is 0 Å². The predicted molar refractivity (Wildman–Crippen MR) is 127 cm³/mol. The van der Waals surface area contributed by atoms with Crippen LogP contribution in [0.5, 0.6) is 23.0 Å². The van der Waals surface area contributed by atoms with Gasteiger partial charge in [0.15, 0.2) is 23.0 Å². The van der Waals surface area contributed by atoms with Gasteiger partial charge in [-0.25, -0.2) is 0 Å². The summed E-state index contributed by atoms with van der Waals surface area (Å²) >= 11 is 0. The first-order valence-electron chi connectivity index (χ1n) is 10.6. The van der Waals surface area contributed by atoms with Crippen molar-refractivity contribution in [2.24, 2.45) is 0 Å². The van der Waals surface area contributed by atoms with Crippen molar-refractivity contribution in [1.82, 2.24) is 10.2 Å². The van der Waals surface area contributed by atoms with Crippen molar-refractivity contribution in [3.8, 4) is 23.0 Å². The number of rotatable bonds is 11. The van der Waals surface area contributed by atoms with E-state index in [2.05, 4.69) is 11.4 Å². The molecule has 1 N–H and O–H groups in total. The lowest BCUT2D eigenvalue weighted by molar-refractivity contribution is 0.0737. The lowest BCUT2D eigenvalue weighted by atomic mass is 9.98. The van der Waals surface area contributed by atoms with Crippen molar-refractivity contribution in [3.05, 3.63) is 47.0 Å². The molecule has 2 aromatic carbocycles. The van der Waals surface area contributed by atoms with E-state index < -0.39 is 0 Å². The fourth-order valence-electron chi connectivity index (χ4n) is 3.86. The van der Waals surface area contributed by atoms with Gasteiger partial charge >= 0.3 is 0 Å². The van der Waals surface area contributed by atoms with E-state index in [1.54, 1.807) is 34.5 Å². The molecule has 0 atom stereocenters. The molecule has 1 aliphatic heterocycles. The van der Waals surface area contributed by atoms with Crippen LogP contribution in [-0.2, 0) is 12.8 Å². The third-order valence-electron chi connectivity index (χ3n) is 5.60. The zero-order valence-electron chi connectivity index (χ0n) is 19.2. The molecule has 1 heterocycles. The van der Waals surface area contributed by atoms with E-state index in [1.165, 1.54) is 5.56 Å². The fourth-order valence-corrected chi connectivity index (χ4v) is 3.86. The molecule has 3 rings (SSSR count). The van der Waals surface area contributed by atoms with Crippen LogP contribution in [0, 0.1) is 0 Å². The molecule has 32 heavy (non-hydrogen) atoms. The molecule has 0 spiro atoms. The van der Waals surface area contributed by atoms with Gasteiger partial charge in [0, 0.05) is 18.7 Å². The lowest BCUT2D eigenvalue weighted by Crippen LogP contribution is -2.39. The Bertz CT molecular complexity index is 906. The van der Waals surface area contributed by atoms with Gasteiger partial charge in [0.1, 0.15) is 0 Å². The minimum atomic E-state index is 0. The monoisotopic (exact) mass is 464 g/mol. The highest BCUT2D eigenvalue weighted by Crippen LogP contribution is 2.33. The Kier molecular flexibility index (Phi) is 9.94. The number of carbonyl (C=O) groups excluding carboxylic acids is 1. The lowest BCUT2D eigenvalue weighted by Gasteiger charge is -2.29. The summed E-state index contributed by atoms with van der Waals surface area (Å²) in [5.74, 6) is 2.81. The summed E-state index contributed by atoms with van der Waals surface area (Å²) in [7, 11) is 6.48. The van der Waals surface area contributed by atoms with Crippen molar-refractivity contribution in [2.45, 2.75) is 19.3 Å². The van der Waals surface area contributed by atoms with Crippen LogP contribution in [-0.4, -0.2) is 65.4 Å². The number of benzene rings is 2. The van der Waals surface area contributed by atoms with E-state index in [0.717, 1.165) is 62.5 Å². The van der Waals surface area contributed by atoms with Gasteiger partial charge in [-0.05, 0) is 67.7 Å². The van der Waals surface area contributed by atoms with Crippen molar-refractivity contribution in [1.29, 1.82) is 0 Å². The van der Waals surface area contributed by atoms with Crippen LogP contribution in [0.2, 0.25) is 0 Å². The smallest absolute Gasteiger partial charge is 0.254 e. The molecule has 0 radical (unpaired) electrons. The standard InChI is InChI=1S/C24H32N2O5.ClH/c1-28-20-7-6-17(14-21(20)29-2)8-11-25-10-5-12-26-13-9-18-15-22(30-3)23(31-4)16-19(18)24(26)27;/h6-7,14-16,25H,5,8-13H2,1-4H3;1H. The second kappa shape index (κ2) is 12.4. The molecular weight excluding hydrogens is 432 g/mol. The summed E-state index contributed by atoms with van der Waals surface area (Å²) in [5.41, 5.74) is 2.93. The zero-order chi connectivity index (χ0) is 22.2. The number of amides is 1. The number of carbonyl (C=O) groups is 1. The van der Waals surface area contributed by atoms with Crippen LogP contribution in [0.4, 0.5) is 0 Å². The van der Waals surface area contributed by atoms with Crippen molar-refractivity contribution in [3.63, 3.8) is 0 Å². The van der Waals surface area contributed by atoms with Crippen LogP contribution >= 0.6 is 12.4 Å². The number of fused-ring (bicyclic) bond motifs is 1. The van der Waals surface area contributed by atoms with Gasteiger partial charge in [0.25, 0.3) is 5.91 Å². The quantitative estimate of drug-likeness (QED) is 0.514. The summed E-state index contributed by atoms with van der Waals surface area (Å²) in [4.78, 5) is 14.8. The molecule has 0 bridgehead atoms. The van der Waals surface area contributed by atoms with Crippen LogP contribution < -0.4 is 24.3 Å². The second-order valence-electron chi connectivity index (χ2n) is 7.45. The SMILES string of the molecule is COc1ccc(CCNCCCN2CCc3cc(OC)c(OC)cc3C2=O)cc1OC.Cl. The van der Waals surface area contributed by atoms with Crippen LogP contribution in [0.1, 0.15) is 27.9 Å². The number of ether oxygens (including phenoxy) is 4. The zero-order valence-corrected chi connectivity index (χ0v) is 20.0. The third kappa shape index (κ3) is 5.99. The number of nitrogens with zero attached hydrogens (tertiary/aromatic N) is 1. The van der Waals surface area contributed by atoms with E-state index in [-0.39, 0.29) is 18.3 Å². The van der Waals surface area contributed by atoms with Crippen LogP contribution in [0.3, 0.4) is 0 Å². The summed E-state index contributed by atoms with van der Waals surface area (Å²) in [6, 6.07) is 9.70. The maximum atomic E-state index is 12.9. The molecule has 0 saturated heterocycles. The first kappa shape index (κ1) is 25.6. The molecule has 0 fully saturated rings.